The van der Waals surface area contributed by atoms with Gasteiger partial charge >= 0.3 is 0 Å². The minimum Gasteiger partial charge on any atom is -0.497 e. The zero-order valence-electron chi connectivity index (χ0n) is 11.5. The highest BCUT2D eigenvalue weighted by molar-refractivity contribution is 5.87. The molecule has 2 N–H and O–H groups in total. The molecular weight excluding hydrogens is 224 g/mol. The van der Waals surface area contributed by atoms with Gasteiger partial charge in [-0.05, 0) is 56.1 Å². The summed E-state index contributed by atoms with van der Waals surface area (Å²) in [6.07, 6.45) is 4.39. The Balaban J connectivity index is 2.20. The molecule has 98 valence electrons. The number of hydrogen-bond donors (Lipinski definition) is 2. The second kappa shape index (κ2) is 5.91. The molecule has 3 nitrogen and oxygen atoms in total. The second-order valence-electron chi connectivity index (χ2n) is 4.64. The summed E-state index contributed by atoms with van der Waals surface area (Å²) in [5.74, 6) is 0.938. The van der Waals surface area contributed by atoms with E-state index >= 15 is 0 Å². The van der Waals surface area contributed by atoms with E-state index in [4.69, 9.17) is 4.74 Å². The highest BCUT2D eigenvalue weighted by Gasteiger charge is 2.07. The van der Waals surface area contributed by atoms with Crippen LogP contribution in [0.25, 0.3) is 10.9 Å². The van der Waals surface area contributed by atoms with Crippen LogP contribution >= 0.6 is 0 Å². The molecule has 0 spiro atoms. The molecule has 1 aromatic heterocycles. The molecule has 0 radical (unpaired) electrons. The van der Waals surface area contributed by atoms with Crippen molar-refractivity contribution >= 4 is 10.9 Å². The molecule has 0 saturated carbocycles. The Morgan fingerprint density at radius 2 is 2.17 bits per heavy atom. The first-order chi connectivity index (χ1) is 8.76. The molecule has 0 atom stereocenters. The predicted molar refractivity (Wildman–Crippen MR) is 76.5 cm³/mol. The van der Waals surface area contributed by atoms with E-state index in [0.29, 0.717) is 0 Å². The van der Waals surface area contributed by atoms with Gasteiger partial charge < -0.3 is 15.0 Å². The van der Waals surface area contributed by atoms with Gasteiger partial charge in [0.1, 0.15) is 5.75 Å². The first-order valence-corrected chi connectivity index (χ1v) is 6.61. The summed E-state index contributed by atoms with van der Waals surface area (Å²) in [5.41, 5.74) is 3.85. The summed E-state index contributed by atoms with van der Waals surface area (Å²) < 4.78 is 5.34. The van der Waals surface area contributed by atoms with E-state index in [0.717, 1.165) is 31.7 Å². The van der Waals surface area contributed by atoms with Gasteiger partial charge in [0.15, 0.2) is 0 Å². The van der Waals surface area contributed by atoms with E-state index in [1.54, 1.807) is 7.11 Å². The third kappa shape index (κ3) is 2.67. The van der Waals surface area contributed by atoms with E-state index in [1.165, 1.54) is 22.0 Å². The van der Waals surface area contributed by atoms with E-state index in [1.807, 2.05) is 0 Å². The monoisotopic (exact) mass is 246 g/mol. The molecule has 18 heavy (non-hydrogen) atoms. The predicted octanol–water partition coefficient (Wildman–Crippen LogP) is 3.03. The third-order valence-corrected chi connectivity index (χ3v) is 3.33. The maximum absolute atomic E-state index is 5.34. The minimum absolute atomic E-state index is 0.938. The fourth-order valence-corrected chi connectivity index (χ4v) is 2.34. The molecule has 2 aromatic rings. The van der Waals surface area contributed by atoms with E-state index < -0.39 is 0 Å². The van der Waals surface area contributed by atoms with E-state index in [9.17, 15) is 0 Å². The largest absolute Gasteiger partial charge is 0.497 e. The molecule has 0 aliphatic rings. The quantitative estimate of drug-likeness (QED) is 0.769. The molecule has 2 rings (SSSR count). The number of fused-ring (bicyclic) bond motifs is 1. The standard InChI is InChI=1S/C15H22N2O/c1-4-16-7-5-6-12-10-17-15-11(2)8-13(18-3)9-14(12)15/h8-10,16-17H,4-7H2,1-3H3. The SMILES string of the molecule is CCNCCCc1c[nH]c2c(C)cc(OC)cc12. The van der Waals surface area contributed by atoms with Gasteiger partial charge in [0.2, 0.25) is 0 Å². The van der Waals surface area contributed by atoms with Crippen LogP contribution in [0.4, 0.5) is 0 Å². The van der Waals surface area contributed by atoms with Crippen molar-refractivity contribution < 1.29 is 4.74 Å². The van der Waals surface area contributed by atoms with Crippen molar-refractivity contribution in [3.63, 3.8) is 0 Å². The number of benzene rings is 1. The van der Waals surface area contributed by atoms with Gasteiger partial charge in [-0.1, -0.05) is 6.92 Å². The maximum Gasteiger partial charge on any atom is 0.119 e. The summed E-state index contributed by atoms with van der Waals surface area (Å²) in [7, 11) is 1.72. The number of methoxy groups -OCH3 is 1. The highest BCUT2D eigenvalue weighted by atomic mass is 16.5. The highest BCUT2D eigenvalue weighted by Crippen LogP contribution is 2.27. The van der Waals surface area contributed by atoms with Gasteiger partial charge in [-0.3, -0.25) is 0 Å². The number of hydrogen-bond acceptors (Lipinski definition) is 2. The number of nitrogens with one attached hydrogen (secondary N) is 2. The number of aromatic amines is 1. The van der Waals surface area contributed by atoms with Gasteiger partial charge in [-0.25, -0.2) is 0 Å². The van der Waals surface area contributed by atoms with Crippen molar-refractivity contribution in [2.24, 2.45) is 0 Å². The summed E-state index contributed by atoms with van der Waals surface area (Å²) >= 11 is 0. The normalized spacial score (nSPS) is 11.1. The first-order valence-electron chi connectivity index (χ1n) is 6.61. The molecule has 0 saturated heterocycles. The van der Waals surface area contributed by atoms with Crippen LogP contribution in [0, 0.1) is 6.92 Å². The van der Waals surface area contributed by atoms with Crippen molar-refractivity contribution in [2.75, 3.05) is 20.2 Å². The molecule has 1 aromatic carbocycles. The van der Waals surface area contributed by atoms with Gasteiger partial charge in [0.05, 0.1) is 7.11 Å². The molecule has 3 heteroatoms. The van der Waals surface area contributed by atoms with Gasteiger partial charge in [0, 0.05) is 17.1 Å². The lowest BCUT2D eigenvalue weighted by Crippen LogP contribution is -2.14. The lowest BCUT2D eigenvalue weighted by molar-refractivity contribution is 0.415. The number of H-pyrrole nitrogens is 1. The number of aryl methyl sites for hydroxylation is 2. The molecule has 0 fully saturated rings. The number of ether oxygens (including phenoxy) is 1. The van der Waals surface area contributed by atoms with Crippen molar-refractivity contribution in [1.82, 2.24) is 10.3 Å². The second-order valence-corrected chi connectivity index (χ2v) is 4.64. The van der Waals surface area contributed by atoms with Crippen LogP contribution in [0.1, 0.15) is 24.5 Å². The van der Waals surface area contributed by atoms with Crippen LogP contribution in [-0.2, 0) is 6.42 Å². The van der Waals surface area contributed by atoms with E-state index in [-0.39, 0.29) is 0 Å². The number of rotatable bonds is 6. The van der Waals surface area contributed by atoms with Crippen LogP contribution in [0.3, 0.4) is 0 Å². The Bertz CT molecular complexity index is 516. The lowest BCUT2D eigenvalue weighted by atomic mass is 10.1. The first kappa shape index (κ1) is 13.0. The lowest BCUT2D eigenvalue weighted by Gasteiger charge is -2.05. The molecular formula is C15H22N2O. The summed E-state index contributed by atoms with van der Waals surface area (Å²) in [4.78, 5) is 3.37. The Morgan fingerprint density at radius 1 is 1.33 bits per heavy atom. The Hall–Kier alpha value is -1.48. The zero-order valence-corrected chi connectivity index (χ0v) is 11.5. The summed E-state index contributed by atoms with van der Waals surface area (Å²) in [6.45, 7) is 6.37. The Morgan fingerprint density at radius 3 is 2.89 bits per heavy atom. The average molecular weight is 246 g/mol. The van der Waals surface area contributed by atoms with Crippen LogP contribution in [0.5, 0.6) is 5.75 Å². The van der Waals surface area contributed by atoms with Crippen LogP contribution < -0.4 is 10.1 Å². The van der Waals surface area contributed by atoms with Crippen molar-refractivity contribution in [3.8, 4) is 5.75 Å². The summed E-state index contributed by atoms with van der Waals surface area (Å²) in [6, 6.07) is 4.20. The van der Waals surface area contributed by atoms with E-state index in [2.05, 4.69) is 42.5 Å². The van der Waals surface area contributed by atoms with Crippen LogP contribution in [-0.4, -0.2) is 25.2 Å². The molecule has 0 bridgehead atoms. The third-order valence-electron chi connectivity index (χ3n) is 3.33. The van der Waals surface area contributed by atoms with Crippen LogP contribution in [0.2, 0.25) is 0 Å². The van der Waals surface area contributed by atoms with Gasteiger partial charge in [-0.2, -0.15) is 0 Å². The van der Waals surface area contributed by atoms with Crippen molar-refractivity contribution in [3.05, 3.63) is 29.5 Å². The topological polar surface area (TPSA) is 37.0 Å². The van der Waals surface area contributed by atoms with Crippen molar-refractivity contribution in [1.29, 1.82) is 0 Å². The van der Waals surface area contributed by atoms with Gasteiger partial charge in [0.25, 0.3) is 0 Å². The summed E-state index contributed by atoms with van der Waals surface area (Å²) in [5, 5.41) is 4.65. The molecule has 0 amide bonds. The van der Waals surface area contributed by atoms with Gasteiger partial charge in [-0.15, -0.1) is 0 Å². The number of aromatic nitrogens is 1. The fraction of sp³-hybridized carbons (Fsp3) is 0.467. The molecule has 0 aliphatic carbocycles. The molecule has 0 aliphatic heterocycles. The average Bonchev–Trinajstić information content (AvgIpc) is 2.78. The zero-order chi connectivity index (χ0) is 13.0. The molecule has 0 unspecified atom stereocenters. The fourth-order valence-electron chi connectivity index (χ4n) is 2.34. The Kier molecular flexibility index (Phi) is 4.26. The van der Waals surface area contributed by atoms with Crippen LogP contribution in [0.15, 0.2) is 18.3 Å². The minimum atomic E-state index is 0.938. The molecule has 1 heterocycles. The smallest absolute Gasteiger partial charge is 0.119 e. The maximum atomic E-state index is 5.34. The van der Waals surface area contributed by atoms with Crippen molar-refractivity contribution in [2.45, 2.75) is 26.7 Å². The Labute approximate surface area is 109 Å².